The molecule has 2 aromatic heterocycles. The molecule has 0 radical (unpaired) electrons. The molecular formula is C17H19N5O. The molecular weight excluding hydrogens is 290 g/mol. The summed E-state index contributed by atoms with van der Waals surface area (Å²) in [6, 6.07) is 3.75. The van der Waals surface area contributed by atoms with E-state index in [1.54, 1.807) is 18.5 Å². The Hall–Kier alpha value is -2.76. The van der Waals surface area contributed by atoms with Crippen LogP contribution in [-0.4, -0.2) is 31.6 Å². The van der Waals surface area contributed by atoms with Crippen LogP contribution < -0.4 is 5.32 Å². The third kappa shape index (κ3) is 3.06. The van der Waals surface area contributed by atoms with Crippen molar-refractivity contribution in [2.75, 3.05) is 11.9 Å². The Kier molecular flexibility index (Phi) is 4.32. The summed E-state index contributed by atoms with van der Waals surface area (Å²) in [5.41, 5.74) is 4.64. The topological polar surface area (TPSA) is 83.8 Å². The molecule has 23 heavy (non-hydrogen) atoms. The van der Waals surface area contributed by atoms with Gasteiger partial charge < -0.3 is 10.4 Å². The second-order valence-corrected chi connectivity index (χ2v) is 5.33. The Labute approximate surface area is 134 Å². The van der Waals surface area contributed by atoms with Crippen molar-refractivity contribution in [2.45, 2.75) is 26.7 Å². The lowest BCUT2D eigenvalue weighted by Crippen LogP contribution is -2.09. The number of anilines is 1. The van der Waals surface area contributed by atoms with Crippen molar-refractivity contribution in [2.24, 2.45) is 0 Å². The Balaban J connectivity index is 1.75. The van der Waals surface area contributed by atoms with Gasteiger partial charge in [0.15, 0.2) is 11.5 Å². The number of fused-ring (bicyclic) bond motifs is 1. The fourth-order valence-corrected chi connectivity index (χ4v) is 2.75. The predicted octanol–water partition coefficient (Wildman–Crippen LogP) is 2.65. The molecule has 2 N–H and O–H groups in total. The summed E-state index contributed by atoms with van der Waals surface area (Å²) >= 11 is 0. The zero-order valence-electron chi connectivity index (χ0n) is 13.2. The van der Waals surface area contributed by atoms with E-state index in [0.717, 1.165) is 30.5 Å². The lowest BCUT2D eigenvalue weighted by molar-refractivity contribution is 0.468. The van der Waals surface area contributed by atoms with Gasteiger partial charge in [-0.3, -0.25) is 0 Å². The first-order chi connectivity index (χ1) is 11.2. The zero-order chi connectivity index (χ0) is 16.2. The monoisotopic (exact) mass is 309 g/mol. The summed E-state index contributed by atoms with van der Waals surface area (Å²) in [5.74, 6) is 1.06. The summed E-state index contributed by atoms with van der Waals surface area (Å²) in [6.45, 7) is 4.83. The van der Waals surface area contributed by atoms with E-state index >= 15 is 0 Å². The second-order valence-electron chi connectivity index (χ2n) is 5.33. The van der Waals surface area contributed by atoms with Crippen molar-refractivity contribution in [3.05, 3.63) is 47.5 Å². The quantitative estimate of drug-likeness (QED) is 0.754. The van der Waals surface area contributed by atoms with Crippen molar-refractivity contribution >= 4 is 17.0 Å². The molecule has 0 aliphatic carbocycles. The van der Waals surface area contributed by atoms with Crippen molar-refractivity contribution in [1.29, 1.82) is 0 Å². The van der Waals surface area contributed by atoms with Gasteiger partial charge in [-0.25, -0.2) is 19.9 Å². The van der Waals surface area contributed by atoms with E-state index in [1.165, 1.54) is 11.9 Å². The molecule has 0 atom stereocenters. The maximum atomic E-state index is 9.89. The molecule has 0 aliphatic rings. The number of phenolic OH excluding ortho intramolecular Hbond substituents is 1. The van der Waals surface area contributed by atoms with Gasteiger partial charge in [0.25, 0.3) is 0 Å². The molecule has 0 bridgehead atoms. The predicted molar refractivity (Wildman–Crippen MR) is 89.5 cm³/mol. The standard InChI is InChI=1S/C17H19N5O/c1-3-13-11(2)12(4-5-14(13)23)6-7-19-16-15-17(22-10-21-16)20-9-8-18-15/h4-5,8-10,23H,3,6-7H2,1-2H3,(H,19,20,21,22). The molecule has 3 rings (SSSR count). The van der Waals surface area contributed by atoms with Gasteiger partial charge in [-0.1, -0.05) is 13.0 Å². The van der Waals surface area contributed by atoms with Crippen LogP contribution >= 0.6 is 0 Å². The number of aromatic nitrogens is 4. The molecule has 0 spiro atoms. The fraction of sp³-hybridized carbons (Fsp3) is 0.294. The number of hydrogen-bond donors (Lipinski definition) is 2. The molecule has 6 heteroatoms. The summed E-state index contributed by atoms with van der Waals surface area (Å²) < 4.78 is 0. The van der Waals surface area contributed by atoms with Crippen LogP contribution in [0.4, 0.5) is 5.82 Å². The largest absolute Gasteiger partial charge is 0.508 e. The van der Waals surface area contributed by atoms with Crippen molar-refractivity contribution in [3.63, 3.8) is 0 Å². The first-order valence-corrected chi connectivity index (χ1v) is 7.66. The minimum Gasteiger partial charge on any atom is -0.508 e. The van der Waals surface area contributed by atoms with Gasteiger partial charge >= 0.3 is 0 Å². The number of aromatic hydroxyl groups is 1. The highest BCUT2D eigenvalue weighted by Crippen LogP contribution is 2.25. The van der Waals surface area contributed by atoms with Gasteiger partial charge in [-0.15, -0.1) is 0 Å². The average molecular weight is 309 g/mol. The van der Waals surface area contributed by atoms with E-state index in [4.69, 9.17) is 0 Å². The number of benzene rings is 1. The number of phenols is 1. The summed E-state index contributed by atoms with van der Waals surface area (Å²) in [5, 5.41) is 13.2. The second kappa shape index (κ2) is 6.56. The van der Waals surface area contributed by atoms with E-state index in [9.17, 15) is 5.11 Å². The smallest absolute Gasteiger partial charge is 0.183 e. The van der Waals surface area contributed by atoms with E-state index in [1.807, 2.05) is 6.07 Å². The molecule has 0 saturated heterocycles. The van der Waals surface area contributed by atoms with E-state index in [0.29, 0.717) is 22.7 Å². The van der Waals surface area contributed by atoms with Crippen molar-refractivity contribution in [1.82, 2.24) is 19.9 Å². The van der Waals surface area contributed by atoms with Gasteiger partial charge in [-0.05, 0) is 42.5 Å². The van der Waals surface area contributed by atoms with Crippen LogP contribution in [0.15, 0.2) is 30.9 Å². The van der Waals surface area contributed by atoms with Crippen LogP contribution in [-0.2, 0) is 12.8 Å². The number of rotatable bonds is 5. The molecule has 0 unspecified atom stereocenters. The van der Waals surface area contributed by atoms with Gasteiger partial charge in [-0.2, -0.15) is 0 Å². The lowest BCUT2D eigenvalue weighted by Gasteiger charge is -2.13. The van der Waals surface area contributed by atoms with E-state index in [2.05, 4.69) is 39.1 Å². The molecule has 0 saturated carbocycles. The van der Waals surface area contributed by atoms with Crippen LogP contribution in [0.2, 0.25) is 0 Å². The van der Waals surface area contributed by atoms with Crippen molar-refractivity contribution < 1.29 is 5.11 Å². The first kappa shape index (κ1) is 15.1. The normalized spacial score (nSPS) is 10.9. The number of nitrogens with one attached hydrogen (secondary N) is 1. The van der Waals surface area contributed by atoms with E-state index < -0.39 is 0 Å². The number of hydrogen-bond acceptors (Lipinski definition) is 6. The SMILES string of the molecule is CCc1c(O)ccc(CCNc2ncnc3nccnc23)c1C. The van der Waals surface area contributed by atoms with Gasteiger partial charge in [0.2, 0.25) is 0 Å². The van der Waals surface area contributed by atoms with E-state index in [-0.39, 0.29) is 0 Å². The maximum Gasteiger partial charge on any atom is 0.183 e. The molecule has 6 nitrogen and oxygen atoms in total. The summed E-state index contributed by atoms with van der Waals surface area (Å²) in [4.78, 5) is 16.8. The first-order valence-electron chi connectivity index (χ1n) is 7.66. The Morgan fingerprint density at radius 2 is 1.91 bits per heavy atom. The highest BCUT2D eigenvalue weighted by Gasteiger charge is 2.09. The fourth-order valence-electron chi connectivity index (χ4n) is 2.75. The minimum atomic E-state index is 0.374. The zero-order valence-corrected chi connectivity index (χ0v) is 13.2. The molecule has 0 amide bonds. The highest BCUT2D eigenvalue weighted by atomic mass is 16.3. The summed E-state index contributed by atoms with van der Waals surface area (Å²) in [7, 11) is 0. The average Bonchev–Trinajstić information content (AvgIpc) is 2.57. The van der Waals surface area contributed by atoms with Crippen LogP contribution in [0.1, 0.15) is 23.6 Å². The molecule has 2 heterocycles. The third-order valence-corrected chi connectivity index (χ3v) is 4.00. The van der Waals surface area contributed by atoms with Crippen molar-refractivity contribution in [3.8, 4) is 5.75 Å². The Morgan fingerprint density at radius 1 is 1.09 bits per heavy atom. The van der Waals surface area contributed by atoms with Gasteiger partial charge in [0, 0.05) is 18.9 Å². The van der Waals surface area contributed by atoms with Crippen LogP contribution in [0, 0.1) is 6.92 Å². The van der Waals surface area contributed by atoms with Gasteiger partial charge in [0.1, 0.15) is 17.6 Å². The third-order valence-electron chi connectivity index (χ3n) is 4.00. The number of nitrogens with zero attached hydrogens (tertiary/aromatic N) is 4. The van der Waals surface area contributed by atoms with Crippen LogP contribution in [0.5, 0.6) is 5.75 Å². The summed E-state index contributed by atoms with van der Waals surface area (Å²) in [6.07, 6.45) is 6.40. The van der Waals surface area contributed by atoms with Crippen LogP contribution in [0.25, 0.3) is 11.2 Å². The molecule has 1 aromatic carbocycles. The lowest BCUT2D eigenvalue weighted by atomic mass is 9.97. The van der Waals surface area contributed by atoms with Gasteiger partial charge in [0.05, 0.1) is 0 Å². The Bertz CT molecular complexity index is 829. The molecule has 0 aliphatic heterocycles. The molecule has 0 fully saturated rings. The molecule has 3 aromatic rings. The maximum absolute atomic E-state index is 9.89. The molecule has 118 valence electrons. The minimum absolute atomic E-state index is 0.374. The Morgan fingerprint density at radius 3 is 2.74 bits per heavy atom. The van der Waals surface area contributed by atoms with Crippen LogP contribution in [0.3, 0.4) is 0 Å². The highest BCUT2D eigenvalue weighted by molar-refractivity contribution is 5.81.